The lowest BCUT2D eigenvalue weighted by Gasteiger charge is -2.44. The van der Waals surface area contributed by atoms with Gasteiger partial charge in [-0.2, -0.15) is 0 Å². The molecule has 0 spiro atoms. The first-order chi connectivity index (χ1) is 22.4. The van der Waals surface area contributed by atoms with Crippen LogP contribution in [0.3, 0.4) is 0 Å². The van der Waals surface area contributed by atoms with Gasteiger partial charge in [0.05, 0.1) is 5.69 Å². The molecule has 1 N–H and O–H groups in total. The fourth-order valence-corrected chi connectivity index (χ4v) is 7.31. The van der Waals surface area contributed by atoms with Crippen LogP contribution in [0.5, 0.6) is 5.75 Å². The molecular weight excluding hydrogens is 642 g/mol. The second-order valence-electron chi connectivity index (χ2n) is 11.7. The van der Waals surface area contributed by atoms with Crippen LogP contribution >= 0.6 is 15.9 Å². The molecule has 8 heteroatoms. The number of nitrogens with zero attached hydrogens (tertiary/aromatic N) is 2. The fraction of sp³-hybridized carbons (Fsp3) is 0.184. The Kier molecular flexibility index (Phi) is 8.05. The Balaban J connectivity index is 1.38. The van der Waals surface area contributed by atoms with Crippen LogP contribution in [-0.4, -0.2) is 37.5 Å². The molecule has 3 heterocycles. The minimum atomic E-state index is -0.771. The molecule has 0 radical (unpaired) electrons. The highest BCUT2D eigenvalue weighted by Gasteiger charge is 2.40. The predicted octanol–water partition coefficient (Wildman–Crippen LogP) is 7.56. The number of benzene rings is 4. The lowest BCUT2D eigenvalue weighted by atomic mass is 9.76. The van der Waals surface area contributed by atoms with Crippen molar-refractivity contribution in [3.63, 3.8) is 0 Å². The Morgan fingerprint density at radius 2 is 1.46 bits per heavy atom. The summed E-state index contributed by atoms with van der Waals surface area (Å²) in [5.41, 5.74) is 6.53. The van der Waals surface area contributed by atoms with Crippen molar-refractivity contribution < 1.29 is 19.1 Å². The number of imide groups is 2. The maximum Gasteiger partial charge on any atom is 0.335 e. The third-order valence-electron chi connectivity index (χ3n) is 8.99. The molecular formula is C38H32BrN3O4. The van der Waals surface area contributed by atoms with Crippen LogP contribution in [0, 0.1) is 0 Å². The SMILES string of the molecule is C=CCOc1ccc(Br)cc1/C=C1\C(=O)NC(=O)N(c2cc3c4c(c2)[C@@H](c2ccccc2)CCN4CC[C@@H]3c2ccccc2)C1=O. The van der Waals surface area contributed by atoms with Gasteiger partial charge in [-0.1, -0.05) is 89.2 Å². The third-order valence-corrected chi connectivity index (χ3v) is 9.48. The Labute approximate surface area is 276 Å². The van der Waals surface area contributed by atoms with E-state index in [4.69, 9.17) is 4.74 Å². The molecule has 1 fully saturated rings. The van der Waals surface area contributed by atoms with E-state index in [9.17, 15) is 14.4 Å². The summed E-state index contributed by atoms with van der Waals surface area (Å²) in [5.74, 6) is -0.783. The van der Waals surface area contributed by atoms with Crippen molar-refractivity contribution in [3.05, 3.63) is 142 Å². The molecule has 7 nitrogen and oxygen atoms in total. The van der Waals surface area contributed by atoms with Crippen molar-refractivity contribution in [3.8, 4) is 5.75 Å². The molecule has 0 aromatic heterocycles. The van der Waals surface area contributed by atoms with Gasteiger partial charge in [-0.05, 0) is 71.5 Å². The van der Waals surface area contributed by atoms with Crippen molar-refractivity contribution in [2.24, 2.45) is 0 Å². The van der Waals surface area contributed by atoms with E-state index in [1.165, 1.54) is 22.9 Å². The first-order valence-corrected chi connectivity index (χ1v) is 16.2. The smallest absolute Gasteiger partial charge is 0.335 e. The lowest BCUT2D eigenvalue weighted by Crippen LogP contribution is -2.54. The Morgan fingerprint density at radius 1 is 0.848 bits per heavy atom. The van der Waals surface area contributed by atoms with Gasteiger partial charge in [0.2, 0.25) is 0 Å². The Hall–Kier alpha value is -4.95. The van der Waals surface area contributed by atoms with Gasteiger partial charge in [0, 0.05) is 40.6 Å². The largest absolute Gasteiger partial charge is 0.489 e. The van der Waals surface area contributed by atoms with E-state index in [-0.39, 0.29) is 24.0 Å². The molecule has 0 bridgehead atoms. The highest BCUT2D eigenvalue weighted by Crippen LogP contribution is 2.50. The maximum atomic E-state index is 14.2. The standard InChI is InChI=1S/C38H32BrN3O4/c1-2-19-46-34-14-13-27(39)20-26(34)21-33-36(43)40-38(45)42(37(33)44)28-22-31-29(24-9-5-3-6-10-24)15-17-41-18-16-30(32(23-28)35(31)41)25-11-7-4-8-12-25/h2-14,20-23,29-30H,1,15-19H2,(H,40,43,45)/b33-21+/t29-,30-/m1/s1. The van der Waals surface area contributed by atoms with E-state index < -0.39 is 17.8 Å². The highest BCUT2D eigenvalue weighted by molar-refractivity contribution is 9.10. The second-order valence-corrected chi connectivity index (χ2v) is 12.6. The van der Waals surface area contributed by atoms with Crippen molar-refractivity contribution in [1.29, 1.82) is 0 Å². The quantitative estimate of drug-likeness (QED) is 0.124. The van der Waals surface area contributed by atoms with Crippen LogP contribution in [0.1, 0.15) is 52.5 Å². The number of hydrogen-bond donors (Lipinski definition) is 1. The average Bonchev–Trinajstić information content (AvgIpc) is 3.07. The van der Waals surface area contributed by atoms with Gasteiger partial charge < -0.3 is 9.64 Å². The van der Waals surface area contributed by atoms with Gasteiger partial charge in [0.25, 0.3) is 11.8 Å². The molecule has 3 aliphatic rings. The summed E-state index contributed by atoms with van der Waals surface area (Å²) in [6.07, 6.45) is 4.92. The van der Waals surface area contributed by atoms with E-state index >= 15 is 0 Å². The van der Waals surface area contributed by atoms with Crippen molar-refractivity contribution in [2.45, 2.75) is 24.7 Å². The molecule has 4 amide bonds. The van der Waals surface area contributed by atoms with E-state index in [0.29, 0.717) is 17.0 Å². The van der Waals surface area contributed by atoms with Gasteiger partial charge in [-0.15, -0.1) is 0 Å². The Bertz CT molecular complexity index is 1820. The van der Waals surface area contributed by atoms with Gasteiger partial charge >= 0.3 is 6.03 Å². The Morgan fingerprint density at radius 3 is 2.04 bits per heavy atom. The van der Waals surface area contributed by atoms with Gasteiger partial charge in [-0.3, -0.25) is 14.9 Å². The minimum absolute atomic E-state index is 0.0894. The van der Waals surface area contributed by atoms with Crippen LogP contribution in [0.25, 0.3) is 6.08 Å². The average molecular weight is 675 g/mol. The molecule has 2 atom stereocenters. The number of rotatable bonds is 7. The molecule has 4 aromatic carbocycles. The highest BCUT2D eigenvalue weighted by atomic mass is 79.9. The molecule has 230 valence electrons. The van der Waals surface area contributed by atoms with Gasteiger partial charge in [0.1, 0.15) is 17.9 Å². The van der Waals surface area contributed by atoms with Crippen LogP contribution in [0.4, 0.5) is 16.2 Å². The van der Waals surface area contributed by atoms with Crippen molar-refractivity contribution >= 4 is 51.2 Å². The lowest BCUT2D eigenvalue weighted by molar-refractivity contribution is -0.122. The number of halogens is 1. The molecule has 1 saturated heterocycles. The summed E-state index contributed by atoms with van der Waals surface area (Å²) >= 11 is 3.47. The number of ether oxygens (including phenoxy) is 1. The predicted molar refractivity (Wildman–Crippen MR) is 183 cm³/mol. The summed E-state index contributed by atoms with van der Waals surface area (Å²) in [6, 6.07) is 29.3. The van der Waals surface area contributed by atoms with E-state index in [2.05, 4.69) is 57.0 Å². The minimum Gasteiger partial charge on any atom is -0.489 e. The first-order valence-electron chi connectivity index (χ1n) is 15.4. The number of barbiturate groups is 1. The number of amides is 4. The number of urea groups is 1. The monoisotopic (exact) mass is 673 g/mol. The summed E-state index contributed by atoms with van der Waals surface area (Å²) < 4.78 is 6.54. The third kappa shape index (κ3) is 5.43. The van der Waals surface area contributed by atoms with Crippen LogP contribution in [0.15, 0.2) is 114 Å². The van der Waals surface area contributed by atoms with Crippen molar-refractivity contribution in [1.82, 2.24) is 5.32 Å². The second kappa shape index (κ2) is 12.4. The number of hydrogen-bond acceptors (Lipinski definition) is 5. The molecule has 0 aliphatic carbocycles. The molecule has 0 unspecified atom stereocenters. The van der Waals surface area contributed by atoms with E-state index in [0.717, 1.165) is 46.4 Å². The van der Waals surface area contributed by atoms with Crippen LogP contribution in [0.2, 0.25) is 0 Å². The van der Waals surface area contributed by atoms with E-state index in [1.807, 2.05) is 54.6 Å². The molecule has 46 heavy (non-hydrogen) atoms. The zero-order chi connectivity index (χ0) is 31.8. The number of carbonyl (C=O) groups excluding carboxylic acids is 3. The number of nitrogens with one attached hydrogen (secondary N) is 1. The summed E-state index contributed by atoms with van der Waals surface area (Å²) in [4.78, 5) is 44.4. The first kappa shape index (κ1) is 29.7. The summed E-state index contributed by atoms with van der Waals surface area (Å²) in [5, 5.41) is 2.41. The summed E-state index contributed by atoms with van der Waals surface area (Å²) in [7, 11) is 0. The van der Waals surface area contributed by atoms with Crippen LogP contribution in [-0.2, 0) is 9.59 Å². The van der Waals surface area contributed by atoms with E-state index in [1.54, 1.807) is 18.2 Å². The molecule has 4 aromatic rings. The normalized spacial score (nSPS) is 19.9. The topological polar surface area (TPSA) is 79.0 Å². The molecule has 3 aliphatic heterocycles. The zero-order valence-corrected chi connectivity index (χ0v) is 26.7. The van der Waals surface area contributed by atoms with Gasteiger partial charge in [-0.25, -0.2) is 9.69 Å². The summed E-state index contributed by atoms with van der Waals surface area (Å²) in [6.45, 7) is 5.80. The van der Waals surface area contributed by atoms with Crippen molar-refractivity contribution in [2.75, 3.05) is 29.5 Å². The molecule has 7 rings (SSSR count). The van der Waals surface area contributed by atoms with Crippen LogP contribution < -0.4 is 19.9 Å². The molecule has 0 saturated carbocycles. The van der Waals surface area contributed by atoms with Gasteiger partial charge in [0.15, 0.2) is 0 Å². The number of anilines is 2. The zero-order valence-electron chi connectivity index (χ0n) is 25.1. The fourth-order valence-electron chi connectivity index (χ4n) is 6.93. The maximum absolute atomic E-state index is 14.2. The number of carbonyl (C=O) groups is 3.